The summed E-state index contributed by atoms with van der Waals surface area (Å²) in [6.07, 6.45) is 5.85. The number of nitriles is 2. The van der Waals surface area contributed by atoms with Gasteiger partial charge in [0.25, 0.3) is 12.5 Å². The zero-order valence-electron chi connectivity index (χ0n) is 22.7. The van der Waals surface area contributed by atoms with Gasteiger partial charge in [-0.1, -0.05) is 150 Å². The number of hydrogen-bond acceptors (Lipinski definition) is 4. The molecule has 0 amide bonds. The molecule has 0 aliphatic rings. The molecule has 38 heavy (non-hydrogen) atoms. The molecule has 0 fully saturated rings. The van der Waals surface area contributed by atoms with Crippen LogP contribution < -0.4 is 9.47 Å². The van der Waals surface area contributed by atoms with E-state index in [0.29, 0.717) is 11.5 Å². The Bertz CT molecular complexity index is 1260. The van der Waals surface area contributed by atoms with Gasteiger partial charge in [-0.25, -0.2) is 0 Å². The van der Waals surface area contributed by atoms with Crippen molar-refractivity contribution in [3.63, 3.8) is 0 Å². The van der Waals surface area contributed by atoms with Crippen LogP contribution in [-0.2, 0) is 0 Å². The smallest absolute Gasteiger partial charge is 0.292 e. The monoisotopic (exact) mass is 504 g/mol. The third-order valence-corrected chi connectivity index (χ3v) is 4.48. The van der Waals surface area contributed by atoms with Crippen LogP contribution in [0.3, 0.4) is 0 Å². The molecule has 0 saturated carbocycles. The SMILES string of the molecule is CCC.CCC.N#COc1cccc2ccccc12.N#COc1cccc2ccccc12.c1ccccc1. The predicted molar refractivity (Wildman–Crippen MR) is 159 cm³/mol. The molecule has 5 aromatic rings. The van der Waals surface area contributed by atoms with Crippen molar-refractivity contribution in [2.24, 2.45) is 0 Å². The zero-order chi connectivity index (χ0) is 27.8. The van der Waals surface area contributed by atoms with E-state index in [1.807, 2.05) is 109 Å². The lowest BCUT2D eigenvalue weighted by molar-refractivity contribution is 0.513. The fraction of sp³-hybridized carbons (Fsp3) is 0.176. The first-order valence-electron chi connectivity index (χ1n) is 12.7. The normalized spacial score (nSPS) is 8.68. The van der Waals surface area contributed by atoms with Crippen LogP contribution in [0.1, 0.15) is 40.5 Å². The standard InChI is InChI=1S/2C11H7NO.C6H6.2C3H8/c2*12-8-13-11-7-3-5-9-4-1-2-6-10(9)11;1-2-4-6-5-3-1;2*1-3-2/h2*1-7H;1-6H;2*3H2,1-2H3. The summed E-state index contributed by atoms with van der Waals surface area (Å²) in [5, 5.41) is 20.9. The number of fused-ring (bicyclic) bond motifs is 2. The van der Waals surface area contributed by atoms with E-state index in [0.717, 1.165) is 21.5 Å². The van der Waals surface area contributed by atoms with Gasteiger partial charge < -0.3 is 9.47 Å². The molecule has 5 rings (SSSR count). The van der Waals surface area contributed by atoms with Crippen LogP contribution in [0.2, 0.25) is 0 Å². The summed E-state index contributed by atoms with van der Waals surface area (Å²) in [4.78, 5) is 0. The molecular formula is C34H36N2O2. The van der Waals surface area contributed by atoms with Crippen molar-refractivity contribution < 1.29 is 9.47 Å². The summed E-state index contributed by atoms with van der Waals surface area (Å²) in [6.45, 7) is 8.50. The molecule has 0 aliphatic heterocycles. The molecule has 4 nitrogen and oxygen atoms in total. The Morgan fingerprint density at radius 2 is 0.737 bits per heavy atom. The quantitative estimate of drug-likeness (QED) is 0.224. The van der Waals surface area contributed by atoms with Crippen LogP contribution in [0.4, 0.5) is 0 Å². The van der Waals surface area contributed by atoms with Crippen molar-refractivity contribution in [1.29, 1.82) is 10.5 Å². The number of ether oxygens (including phenoxy) is 2. The van der Waals surface area contributed by atoms with Gasteiger partial charge in [-0.3, -0.25) is 0 Å². The Morgan fingerprint density at radius 3 is 1.05 bits per heavy atom. The molecule has 0 bridgehead atoms. The minimum absolute atomic E-state index is 0.612. The highest BCUT2D eigenvalue weighted by Gasteiger charge is 2.00. The fourth-order valence-electron chi connectivity index (χ4n) is 3.05. The Balaban J connectivity index is 0.000000270. The van der Waals surface area contributed by atoms with Gasteiger partial charge >= 0.3 is 0 Å². The van der Waals surface area contributed by atoms with Gasteiger partial charge in [0.05, 0.1) is 0 Å². The summed E-state index contributed by atoms with van der Waals surface area (Å²) in [7, 11) is 0. The van der Waals surface area contributed by atoms with Gasteiger partial charge in [-0.15, -0.1) is 10.5 Å². The van der Waals surface area contributed by atoms with Crippen LogP contribution in [-0.4, -0.2) is 0 Å². The summed E-state index contributed by atoms with van der Waals surface area (Å²) in [6, 6.07) is 38.9. The Labute approximate surface area is 227 Å². The lowest BCUT2D eigenvalue weighted by Crippen LogP contribution is -1.82. The highest BCUT2D eigenvalue weighted by atomic mass is 16.5. The van der Waals surface area contributed by atoms with Gasteiger partial charge in [0.1, 0.15) is 11.5 Å². The molecule has 4 heteroatoms. The van der Waals surface area contributed by atoms with Crippen molar-refractivity contribution in [2.75, 3.05) is 0 Å². The van der Waals surface area contributed by atoms with Gasteiger partial charge in [0.15, 0.2) is 0 Å². The van der Waals surface area contributed by atoms with Crippen LogP contribution in [0.25, 0.3) is 21.5 Å². The number of benzene rings is 5. The molecule has 194 valence electrons. The molecule has 0 unspecified atom stereocenters. The van der Waals surface area contributed by atoms with E-state index < -0.39 is 0 Å². The topological polar surface area (TPSA) is 66.0 Å². The number of rotatable bonds is 2. The largest absolute Gasteiger partial charge is 0.387 e. The molecule has 0 heterocycles. The first kappa shape index (κ1) is 31.2. The molecule has 0 aliphatic carbocycles. The van der Waals surface area contributed by atoms with Crippen molar-refractivity contribution in [2.45, 2.75) is 40.5 Å². The van der Waals surface area contributed by atoms with Crippen molar-refractivity contribution in [3.05, 3.63) is 121 Å². The Morgan fingerprint density at radius 1 is 0.447 bits per heavy atom. The lowest BCUT2D eigenvalue weighted by atomic mass is 10.1. The maximum Gasteiger partial charge on any atom is 0.292 e. The molecule has 0 atom stereocenters. The third-order valence-electron chi connectivity index (χ3n) is 4.48. The second-order valence-corrected chi connectivity index (χ2v) is 7.91. The van der Waals surface area contributed by atoms with Crippen molar-refractivity contribution >= 4 is 21.5 Å². The average molecular weight is 505 g/mol. The number of nitrogens with zero attached hydrogens (tertiary/aromatic N) is 2. The molecule has 0 saturated heterocycles. The van der Waals surface area contributed by atoms with E-state index in [1.165, 1.54) is 12.8 Å². The van der Waals surface area contributed by atoms with Crippen LogP contribution in [0.15, 0.2) is 121 Å². The van der Waals surface area contributed by atoms with Crippen LogP contribution in [0, 0.1) is 23.0 Å². The van der Waals surface area contributed by atoms with E-state index in [4.69, 9.17) is 20.0 Å². The summed E-state index contributed by atoms with van der Waals surface area (Å²) < 4.78 is 9.65. The molecule has 0 aromatic heterocycles. The Hall–Kier alpha value is -4.80. The molecular weight excluding hydrogens is 468 g/mol. The highest BCUT2D eigenvalue weighted by molar-refractivity contribution is 5.89. The van der Waals surface area contributed by atoms with E-state index >= 15 is 0 Å². The Kier molecular flexibility index (Phi) is 16.8. The van der Waals surface area contributed by atoms with E-state index in [1.54, 1.807) is 24.6 Å². The highest BCUT2D eigenvalue weighted by Crippen LogP contribution is 2.25. The summed E-state index contributed by atoms with van der Waals surface area (Å²) in [5.41, 5.74) is 0. The third kappa shape index (κ3) is 11.8. The van der Waals surface area contributed by atoms with Crippen LogP contribution >= 0.6 is 0 Å². The molecule has 5 aromatic carbocycles. The first-order valence-corrected chi connectivity index (χ1v) is 12.7. The summed E-state index contributed by atoms with van der Waals surface area (Å²) >= 11 is 0. The second-order valence-electron chi connectivity index (χ2n) is 7.91. The van der Waals surface area contributed by atoms with Gasteiger partial charge in [0, 0.05) is 10.8 Å². The molecule has 0 N–H and O–H groups in total. The van der Waals surface area contributed by atoms with E-state index in [-0.39, 0.29) is 0 Å². The minimum Gasteiger partial charge on any atom is -0.387 e. The second kappa shape index (κ2) is 20.4. The van der Waals surface area contributed by atoms with E-state index in [2.05, 4.69) is 27.7 Å². The van der Waals surface area contributed by atoms with Gasteiger partial charge in [-0.2, -0.15) is 0 Å². The first-order chi connectivity index (χ1) is 18.7. The van der Waals surface area contributed by atoms with Crippen LogP contribution in [0.5, 0.6) is 11.5 Å². The maximum atomic E-state index is 8.41. The van der Waals surface area contributed by atoms with E-state index in [9.17, 15) is 0 Å². The average Bonchev–Trinajstić information content (AvgIpc) is 2.96. The molecule has 0 spiro atoms. The lowest BCUT2D eigenvalue weighted by Gasteiger charge is -2.00. The minimum atomic E-state index is 0.612. The fourth-order valence-corrected chi connectivity index (χ4v) is 3.05. The van der Waals surface area contributed by atoms with Crippen molar-refractivity contribution in [1.82, 2.24) is 0 Å². The van der Waals surface area contributed by atoms with Crippen molar-refractivity contribution in [3.8, 4) is 24.0 Å². The number of hydrogen-bond donors (Lipinski definition) is 0. The molecule has 0 radical (unpaired) electrons. The van der Waals surface area contributed by atoms with Gasteiger partial charge in [0.2, 0.25) is 0 Å². The predicted octanol–water partition coefficient (Wildman–Crippen LogP) is 9.92. The maximum absolute atomic E-state index is 8.41. The summed E-state index contributed by atoms with van der Waals surface area (Å²) in [5.74, 6) is 1.22. The zero-order valence-corrected chi connectivity index (χ0v) is 22.7. The van der Waals surface area contributed by atoms with Gasteiger partial charge in [-0.05, 0) is 22.9 Å².